The summed E-state index contributed by atoms with van der Waals surface area (Å²) in [7, 11) is 0. The third-order valence-corrected chi connectivity index (χ3v) is 4.20. The minimum absolute atomic E-state index is 0.0383. The molecule has 0 aliphatic carbocycles. The molecule has 0 spiro atoms. The Bertz CT molecular complexity index is 1200. The van der Waals surface area contributed by atoms with E-state index in [1.807, 2.05) is 6.07 Å². The zero-order chi connectivity index (χ0) is 20.4. The van der Waals surface area contributed by atoms with Gasteiger partial charge < -0.3 is 10.6 Å². The molecular weight excluding hydrogens is 378 g/mol. The molecule has 0 aliphatic rings. The van der Waals surface area contributed by atoms with Crippen molar-refractivity contribution in [3.05, 3.63) is 96.1 Å². The van der Waals surface area contributed by atoms with E-state index in [4.69, 9.17) is 0 Å². The summed E-state index contributed by atoms with van der Waals surface area (Å²) in [6.45, 7) is 0. The Morgan fingerprint density at radius 1 is 0.793 bits per heavy atom. The van der Waals surface area contributed by atoms with E-state index >= 15 is 0 Å². The molecule has 0 fully saturated rings. The quantitative estimate of drug-likeness (QED) is 0.549. The van der Waals surface area contributed by atoms with Gasteiger partial charge >= 0.3 is 0 Å². The van der Waals surface area contributed by atoms with Crippen LogP contribution in [-0.2, 0) is 0 Å². The van der Waals surface area contributed by atoms with Crippen molar-refractivity contribution in [1.82, 2.24) is 9.38 Å². The Morgan fingerprint density at radius 3 is 2.21 bits per heavy atom. The van der Waals surface area contributed by atoms with E-state index in [1.54, 1.807) is 48.7 Å². The number of nitrogens with zero attached hydrogens (tertiary/aromatic N) is 2. The van der Waals surface area contributed by atoms with Crippen LogP contribution < -0.4 is 10.6 Å². The van der Waals surface area contributed by atoms with Crippen molar-refractivity contribution in [2.45, 2.75) is 0 Å². The molecule has 2 heterocycles. The highest BCUT2D eigenvalue weighted by atomic mass is 19.1. The standard InChI is InChI=1S/C21H14F2N4O2/c22-14-9-6-10-15(23)17(14)26-20(28)18-16-11-4-5-12-27(16)19(25-18)21(29)24-13-7-2-1-3-8-13/h1-12H,(H,24,29)(H,26,28). The summed E-state index contributed by atoms with van der Waals surface area (Å²) < 4.78 is 29.2. The Hall–Kier alpha value is -4.07. The van der Waals surface area contributed by atoms with Crippen LogP contribution in [0.3, 0.4) is 0 Å². The van der Waals surface area contributed by atoms with Gasteiger partial charge in [0, 0.05) is 11.9 Å². The van der Waals surface area contributed by atoms with Crippen molar-refractivity contribution in [1.29, 1.82) is 0 Å². The lowest BCUT2D eigenvalue weighted by atomic mass is 10.2. The number of amides is 2. The number of hydrogen-bond donors (Lipinski definition) is 2. The first-order chi connectivity index (χ1) is 14.0. The molecule has 29 heavy (non-hydrogen) atoms. The lowest BCUT2D eigenvalue weighted by Gasteiger charge is -2.06. The Morgan fingerprint density at radius 2 is 1.48 bits per heavy atom. The molecule has 0 aliphatic heterocycles. The maximum absolute atomic E-state index is 13.9. The molecule has 4 aromatic rings. The molecule has 2 amide bonds. The molecule has 0 saturated carbocycles. The molecule has 2 N–H and O–H groups in total. The highest BCUT2D eigenvalue weighted by Crippen LogP contribution is 2.21. The second kappa shape index (κ2) is 7.51. The normalized spacial score (nSPS) is 10.7. The van der Waals surface area contributed by atoms with E-state index in [0.717, 1.165) is 12.1 Å². The predicted molar refractivity (Wildman–Crippen MR) is 104 cm³/mol. The minimum Gasteiger partial charge on any atom is -0.319 e. The zero-order valence-electron chi connectivity index (χ0n) is 14.9. The van der Waals surface area contributed by atoms with E-state index in [2.05, 4.69) is 15.6 Å². The molecule has 0 bridgehead atoms. The first-order valence-electron chi connectivity index (χ1n) is 8.63. The second-order valence-corrected chi connectivity index (χ2v) is 6.11. The monoisotopic (exact) mass is 392 g/mol. The average Bonchev–Trinajstić information content (AvgIpc) is 3.11. The minimum atomic E-state index is -0.913. The largest absolute Gasteiger partial charge is 0.319 e. The van der Waals surface area contributed by atoms with Crippen LogP contribution in [-0.4, -0.2) is 21.2 Å². The average molecular weight is 392 g/mol. The van der Waals surface area contributed by atoms with Crippen molar-refractivity contribution >= 4 is 28.7 Å². The summed E-state index contributed by atoms with van der Waals surface area (Å²) >= 11 is 0. The fourth-order valence-corrected chi connectivity index (χ4v) is 2.86. The summed E-state index contributed by atoms with van der Waals surface area (Å²) in [6.07, 6.45) is 1.57. The van der Waals surface area contributed by atoms with Crippen molar-refractivity contribution in [2.75, 3.05) is 10.6 Å². The molecule has 2 aromatic carbocycles. The number of hydrogen-bond acceptors (Lipinski definition) is 3. The Kier molecular flexibility index (Phi) is 4.74. The van der Waals surface area contributed by atoms with Crippen molar-refractivity contribution in [2.24, 2.45) is 0 Å². The number of nitrogens with one attached hydrogen (secondary N) is 2. The van der Waals surface area contributed by atoms with E-state index in [9.17, 15) is 18.4 Å². The van der Waals surface area contributed by atoms with Crippen LogP contribution >= 0.6 is 0 Å². The fourth-order valence-electron chi connectivity index (χ4n) is 2.86. The first kappa shape index (κ1) is 18.3. The van der Waals surface area contributed by atoms with Crippen LogP contribution in [0.25, 0.3) is 5.52 Å². The van der Waals surface area contributed by atoms with Crippen LogP contribution in [0.2, 0.25) is 0 Å². The van der Waals surface area contributed by atoms with E-state index < -0.39 is 29.1 Å². The highest BCUT2D eigenvalue weighted by molar-refractivity contribution is 6.10. The predicted octanol–water partition coefficient (Wildman–Crippen LogP) is 4.12. The smallest absolute Gasteiger partial charge is 0.292 e. The fraction of sp³-hybridized carbons (Fsp3) is 0. The number of carbonyl (C=O) groups excluding carboxylic acids is 2. The molecular formula is C21H14F2N4O2. The molecule has 144 valence electrons. The number of halogens is 2. The summed E-state index contributed by atoms with van der Waals surface area (Å²) in [5.41, 5.74) is 0.168. The van der Waals surface area contributed by atoms with Gasteiger partial charge in [-0.3, -0.25) is 14.0 Å². The van der Waals surface area contributed by atoms with Gasteiger partial charge in [-0.05, 0) is 36.4 Å². The number of pyridine rings is 1. The maximum Gasteiger partial charge on any atom is 0.292 e. The molecule has 0 saturated heterocycles. The maximum atomic E-state index is 13.9. The Labute approximate surface area is 163 Å². The number of rotatable bonds is 4. The van der Waals surface area contributed by atoms with Crippen LogP contribution in [0.15, 0.2) is 72.9 Å². The highest BCUT2D eigenvalue weighted by Gasteiger charge is 2.23. The first-order valence-corrected chi connectivity index (χ1v) is 8.63. The second-order valence-electron chi connectivity index (χ2n) is 6.11. The molecule has 0 unspecified atom stereocenters. The van der Waals surface area contributed by atoms with Gasteiger partial charge in [-0.25, -0.2) is 13.8 Å². The van der Waals surface area contributed by atoms with Crippen molar-refractivity contribution in [3.8, 4) is 0 Å². The SMILES string of the molecule is O=C(Nc1c(F)cccc1F)c1nc(C(=O)Nc2ccccc2)n2ccccc12. The van der Waals surface area contributed by atoms with Gasteiger partial charge in [0.25, 0.3) is 11.8 Å². The number of imidazole rings is 1. The summed E-state index contributed by atoms with van der Waals surface area (Å²) in [5.74, 6) is -3.23. The van der Waals surface area contributed by atoms with E-state index in [1.165, 1.54) is 10.5 Å². The van der Waals surface area contributed by atoms with E-state index in [-0.39, 0.29) is 11.5 Å². The molecule has 0 atom stereocenters. The summed E-state index contributed by atoms with van der Waals surface area (Å²) in [5, 5.41) is 4.89. The van der Waals surface area contributed by atoms with Crippen LogP contribution in [0.4, 0.5) is 20.2 Å². The number of benzene rings is 2. The van der Waals surface area contributed by atoms with Crippen molar-refractivity contribution in [3.63, 3.8) is 0 Å². The lowest BCUT2D eigenvalue weighted by molar-refractivity contribution is 0.101. The van der Waals surface area contributed by atoms with Crippen molar-refractivity contribution < 1.29 is 18.4 Å². The molecule has 0 radical (unpaired) electrons. The number of para-hydroxylation sites is 2. The number of aromatic nitrogens is 2. The molecule has 4 rings (SSSR count). The summed E-state index contributed by atoms with van der Waals surface area (Å²) in [4.78, 5) is 29.5. The van der Waals surface area contributed by atoms with Gasteiger partial charge in [-0.2, -0.15) is 0 Å². The van der Waals surface area contributed by atoms with Gasteiger partial charge in [0.2, 0.25) is 5.82 Å². The van der Waals surface area contributed by atoms with Gasteiger partial charge in [-0.1, -0.05) is 30.3 Å². The third-order valence-electron chi connectivity index (χ3n) is 4.20. The number of carbonyl (C=O) groups is 2. The molecule has 2 aromatic heterocycles. The molecule has 6 nitrogen and oxygen atoms in total. The van der Waals surface area contributed by atoms with Gasteiger partial charge in [-0.15, -0.1) is 0 Å². The van der Waals surface area contributed by atoms with Gasteiger partial charge in [0.1, 0.15) is 17.3 Å². The van der Waals surface area contributed by atoms with Gasteiger partial charge in [0.15, 0.2) is 5.69 Å². The third kappa shape index (κ3) is 3.55. The Balaban J connectivity index is 1.70. The lowest BCUT2D eigenvalue weighted by Crippen LogP contribution is -2.17. The summed E-state index contributed by atoms with van der Waals surface area (Å²) in [6, 6.07) is 16.9. The van der Waals surface area contributed by atoms with Crippen LogP contribution in [0.5, 0.6) is 0 Å². The topological polar surface area (TPSA) is 75.5 Å². The van der Waals surface area contributed by atoms with E-state index in [0.29, 0.717) is 11.2 Å². The zero-order valence-corrected chi connectivity index (χ0v) is 14.9. The van der Waals surface area contributed by atoms with Crippen LogP contribution in [0, 0.1) is 11.6 Å². The number of fused-ring (bicyclic) bond motifs is 1. The van der Waals surface area contributed by atoms with Crippen LogP contribution in [0.1, 0.15) is 21.1 Å². The number of anilines is 2. The molecule has 8 heteroatoms. The van der Waals surface area contributed by atoms with Gasteiger partial charge in [0.05, 0.1) is 5.52 Å².